The first-order valence-corrected chi connectivity index (χ1v) is 7.58. The molecule has 0 bridgehead atoms. The number of ether oxygens (including phenoxy) is 1. The molecule has 1 N–H and O–H groups in total. The molecule has 20 heavy (non-hydrogen) atoms. The van der Waals surface area contributed by atoms with Crippen molar-refractivity contribution in [2.45, 2.75) is 6.42 Å². The van der Waals surface area contributed by atoms with Crippen LogP contribution in [0.15, 0.2) is 18.2 Å². The third-order valence-electron chi connectivity index (χ3n) is 3.37. The topological polar surface area (TPSA) is 38.3 Å². The molecule has 3 nitrogen and oxygen atoms in total. The van der Waals surface area contributed by atoms with E-state index in [2.05, 4.69) is 5.32 Å². The number of amides is 1. The molecule has 1 amide bonds. The van der Waals surface area contributed by atoms with Crippen LogP contribution in [-0.4, -0.2) is 25.7 Å². The van der Waals surface area contributed by atoms with Gasteiger partial charge in [-0.15, -0.1) is 11.3 Å². The van der Waals surface area contributed by atoms with Crippen LogP contribution < -0.4 is 5.32 Å². The van der Waals surface area contributed by atoms with E-state index >= 15 is 0 Å². The van der Waals surface area contributed by atoms with Gasteiger partial charge in [0.25, 0.3) is 5.91 Å². The first kappa shape index (κ1) is 13.8. The Hall–Kier alpha value is -1.17. The molecule has 0 spiro atoms. The highest BCUT2D eigenvalue weighted by Crippen LogP contribution is 2.35. The predicted molar refractivity (Wildman–Crippen MR) is 78.1 cm³/mol. The van der Waals surface area contributed by atoms with Gasteiger partial charge in [-0.25, -0.2) is 4.39 Å². The highest BCUT2D eigenvalue weighted by molar-refractivity contribution is 7.21. The minimum Gasteiger partial charge on any atom is -0.381 e. The molecular formula is C14H13ClFNO2S. The van der Waals surface area contributed by atoms with Crippen molar-refractivity contribution < 1.29 is 13.9 Å². The van der Waals surface area contributed by atoms with Crippen molar-refractivity contribution in [2.24, 2.45) is 5.92 Å². The second-order valence-electron chi connectivity index (χ2n) is 4.83. The fraction of sp³-hybridized carbons (Fsp3) is 0.357. The standard InChI is InChI=1S/C14H13ClFNO2S/c15-12-10-2-1-9(16)5-11(10)20-13(12)14(18)17-6-8-3-4-19-7-8/h1-2,5,8H,3-4,6-7H2,(H,17,18)/t8-/m0/s1. The second-order valence-corrected chi connectivity index (χ2v) is 6.26. The predicted octanol–water partition coefficient (Wildman–Crippen LogP) is 3.46. The number of rotatable bonds is 3. The Morgan fingerprint density at radius 3 is 3.15 bits per heavy atom. The van der Waals surface area contributed by atoms with Crippen LogP contribution in [0.1, 0.15) is 16.1 Å². The van der Waals surface area contributed by atoms with Crippen LogP contribution in [0, 0.1) is 11.7 Å². The molecule has 2 heterocycles. The van der Waals surface area contributed by atoms with Gasteiger partial charge in [-0.3, -0.25) is 4.79 Å². The fourth-order valence-corrected chi connectivity index (χ4v) is 3.70. The van der Waals surface area contributed by atoms with E-state index in [0.717, 1.165) is 13.0 Å². The molecule has 0 unspecified atom stereocenters. The first-order valence-electron chi connectivity index (χ1n) is 6.38. The lowest BCUT2D eigenvalue weighted by Gasteiger charge is -2.08. The number of carbonyl (C=O) groups is 1. The lowest BCUT2D eigenvalue weighted by atomic mass is 10.1. The molecule has 1 aliphatic heterocycles. The van der Waals surface area contributed by atoms with Gasteiger partial charge in [-0.1, -0.05) is 11.6 Å². The maximum atomic E-state index is 13.2. The van der Waals surface area contributed by atoms with E-state index < -0.39 is 0 Å². The van der Waals surface area contributed by atoms with Crippen LogP contribution >= 0.6 is 22.9 Å². The van der Waals surface area contributed by atoms with Crippen LogP contribution in [0.2, 0.25) is 5.02 Å². The average Bonchev–Trinajstić information content (AvgIpc) is 3.04. The molecule has 2 aromatic rings. The van der Waals surface area contributed by atoms with E-state index in [1.54, 1.807) is 6.07 Å². The number of nitrogens with one attached hydrogen (secondary N) is 1. The molecule has 1 saturated heterocycles. The maximum Gasteiger partial charge on any atom is 0.262 e. The smallest absolute Gasteiger partial charge is 0.262 e. The third-order valence-corrected chi connectivity index (χ3v) is 5.03. The zero-order valence-corrected chi connectivity index (χ0v) is 12.2. The van der Waals surface area contributed by atoms with E-state index in [0.29, 0.717) is 39.1 Å². The van der Waals surface area contributed by atoms with Gasteiger partial charge in [0.1, 0.15) is 10.7 Å². The van der Waals surface area contributed by atoms with Crippen LogP contribution in [0.25, 0.3) is 10.1 Å². The Morgan fingerprint density at radius 1 is 1.55 bits per heavy atom. The molecule has 0 radical (unpaired) electrons. The van der Waals surface area contributed by atoms with Crippen molar-refractivity contribution in [1.82, 2.24) is 5.32 Å². The number of fused-ring (bicyclic) bond motifs is 1. The largest absolute Gasteiger partial charge is 0.381 e. The van der Waals surface area contributed by atoms with Crippen molar-refractivity contribution in [1.29, 1.82) is 0 Å². The lowest BCUT2D eigenvalue weighted by Crippen LogP contribution is -2.29. The van der Waals surface area contributed by atoms with Crippen LogP contribution in [0.5, 0.6) is 0 Å². The molecule has 1 aromatic heterocycles. The fourth-order valence-electron chi connectivity index (χ4n) is 2.25. The zero-order chi connectivity index (χ0) is 14.1. The molecule has 1 aromatic carbocycles. The molecular weight excluding hydrogens is 301 g/mol. The number of benzene rings is 1. The van der Waals surface area contributed by atoms with Crippen molar-refractivity contribution in [3.05, 3.63) is 33.9 Å². The number of carbonyl (C=O) groups excluding carboxylic acids is 1. The van der Waals surface area contributed by atoms with Crippen LogP contribution in [-0.2, 0) is 4.74 Å². The molecule has 106 valence electrons. The lowest BCUT2D eigenvalue weighted by molar-refractivity contribution is 0.0949. The van der Waals surface area contributed by atoms with E-state index in [-0.39, 0.29) is 11.7 Å². The van der Waals surface area contributed by atoms with Crippen molar-refractivity contribution in [3.63, 3.8) is 0 Å². The van der Waals surface area contributed by atoms with Gasteiger partial charge in [-0.05, 0) is 24.6 Å². The van der Waals surface area contributed by atoms with Crippen molar-refractivity contribution in [3.8, 4) is 0 Å². The summed E-state index contributed by atoms with van der Waals surface area (Å²) in [5.74, 6) is -0.168. The highest BCUT2D eigenvalue weighted by atomic mass is 35.5. The molecule has 1 atom stereocenters. The Balaban J connectivity index is 1.78. The summed E-state index contributed by atoms with van der Waals surface area (Å²) >= 11 is 7.42. The SMILES string of the molecule is O=C(NC[C@@H]1CCOC1)c1sc2cc(F)ccc2c1Cl. The van der Waals surface area contributed by atoms with Gasteiger partial charge in [-0.2, -0.15) is 0 Å². The summed E-state index contributed by atoms with van der Waals surface area (Å²) < 4.78 is 19.1. The summed E-state index contributed by atoms with van der Waals surface area (Å²) in [4.78, 5) is 12.6. The van der Waals surface area contributed by atoms with Crippen molar-refractivity contribution in [2.75, 3.05) is 19.8 Å². The Kier molecular flexibility index (Phi) is 3.92. The summed E-state index contributed by atoms with van der Waals surface area (Å²) in [5, 5.41) is 3.98. The minimum absolute atomic E-state index is 0.205. The van der Waals surface area contributed by atoms with E-state index in [9.17, 15) is 9.18 Å². The summed E-state index contributed by atoms with van der Waals surface area (Å²) in [7, 11) is 0. The summed E-state index contributed by atoms with van der Waals surface area (Å²) in [6.45, 7) is 2.02. The molecule has 1 aliphatic rings. The normalized spacial score (nSPS) is 18.6. The molecule has 0 aliphatic carbocycles. The first-order chi connectivity index (χ1) is 9.65. The Morgan fingerprint density at radius 2 is 2.40 bits per heavy atom. The number of halogens is 2. The Labute approximate surface area is 124 Å². The summed E-state index contributed by atoms with van der Waals surface area (Å²) in [6.07, 6.45) is 0.964. The monoisotopic (exact) mass is 313 g/mol. The van der Waals surface area contributed by atoms with E-state index in [1.165, 1.54) is 23.5 Å². The van der Waals surface area contributed by atoms with Crippen molar-refractivity contribution >= 4 is 38.9 Å². The highest BCUT2D eigenvalue weighted by Gasteiger charge is 2.20. The van der Waals surface area contributed by atoms with E-state index in [1.807, 2.05) is 0 Å². The van der Waals surface area contributed by atoms with Gasteiger partial charge < -0.3 is 10.1 Å². The molecule has 3 rings (SSSR count). The number of hydrogen-bond acceptors (Lipinski definition) is 3. The van der Waals surface area contributed by atoms with Gasteiger partial charge in [0.05, 0.1) is 11.6 Å². The molecule has 0 saturated carbocycles. The number of thiophene rings is 1. The number of hydrogen-bond donors (Lipinski definition) is 1. The van der Waals surface area contributed by atoms with Crippen LogP contribution in [0.4, 0.5) is 4.39 Å². The second kappa shape index (κ2) is 5.68. The summed E-state index contributed by atoms with van der Waals surface area (Å²) in [6, 6.07) is 4.34. The van der Waals surface area contributed by atoms with E-state index in [4.69, 9.17) is 16.3 Å². The minimum atomic E-state index is -0.328. The quantitative estimate of drug-likeness (QED) is 0.942. The van der Waals surface area contributed by atoms with Gasteiger partial charge in [0.15, 0.2) is 0 Å². The average molecular weight is 314 g/mol. The molecule has 6 heteroatoms. The zero-order valence-electron chi connectivity index (χ0n) is 10.6. The Bertz CT molecular complexity index is 652. The van der Waals surface area contributed by atoms with Gasteiger partial charge >= 0.3 is 0 Å². The maximum absolute atomic E-state index is 13.2. The van der Waals surface area contributed by atoms with Crippen LogP contribution in [0.3, 0.4) is 0 Å². The third kappa shape index (κ3) is 2.66. The van der Waals surface area contributed by atoms with Gasteiger partial charge in [0.2, 0.25) is 0 Å². The van der Waals surface area contributed by atoms with Gasteiger partial charge in [0, 0.05) is 29.2 Å². The summed E-state index contributed by atoms with van der Waals surface area (Å²) in [5.41, 5.74) is 0. The molecule has 1 fully saturated rings.